The van der Waals surface area contributed by atoms with Crippen LogP contribution in [0.1, 0.15) is 15.9 Å². The average molecular weight is 180 g/mol. The van der Waals surface area contributed by atoms with E-state index in [9.17, 15) is 4.79 Å². The lowest BCUT2D eigenvalue weighted by molar-refractivity contribution is 0.0705. The molecular weight excluding hydrogens is 170 g/mol. The highest BCUT2D eigenvalue weighted by Crippen LogP contribution is 2.16. The van der Waals surface area contributed by atoms with E-state index in [4.69, 9.17) is 9.94 Å². The van der Waals surface area contributed by atoms with Crippen molar-refractivity contribution in [2.24, 2.45) is 0 Å². The highest BCUT2D eigenvalue weighted by molar-refractivity contribution is 5.95. The summed E-state index contributed by atoms with van der Waals surface area (Å²) in [7, 11) is 1.50. The van der Waals surface area contributed by atoms with Gasteiger partial charge in [0, 0.05) is 5.56 Å². The Morgan fingerprint density at radius 1 is 1.62 bits per heavy atom. The third-order valence-electron chi connectivity index (χ3n) is 1.66. The van der Waals surface area contributed by atoms with Crippen LogP contribution in [0.3, 0.4) is 0 Å². The van der Waals surface area contributed by atoms with Crippen molar-refractivity contribution in [1.29, 1.82) is 0 Å². The van der Waals surface area contributed by atoms with Gasteiger partial charge in [-0.3, -0.25) is 10.0 Å². The Kier molecular flexibility index (Phi) is 2.87. The summed E-state index contributed by atoms with van der Waals surface area (Å²) in [6.07, 6.45) is 0. The zero-order valence-electron chi connectivity index (χ0n) is 7.20. The molecule has 0 spiro atoms. The van der Waals surface area contributed by atoms with E-state index in [0.29, 0.717) is 16.9 Å². The summed E-state index contributed by atoms with van der Waals surface area (Å²) in [4.78, 5) is 11.0. The van der Waals surface area contributed by atoms with E-state index in [2.05, 4.69) is 6.92 Å². The number of benzene rings is 1. The molecule has 0 atom stereocenters. The Morgan fingerprint density at radius 2 is 2.31 bits per heavy atom. The summed E-state index contributed by atoms with van der Waals surface area (Å²) in [5.74, 6) is -0.0464. The molecule has 0 heterocycles. The van der Waals surface area contributed by atoms with E-state index in [1.54, 1.807) is 12.1 Å². The van der Waals surface area contributed by atoms with Crippen LogP contribution in [0.25, 0.3) is 0 Å². The van der Waals surface area contributed by atoms with Gasteiger partial charge >= 0.3 is 0 Å². The molecule has 69 valence electrons. The van der Waals surface area contributed by atoms with Gasteiger partial charge < -0.3 is 4.74 Å². The van der Waals surface area contributed by atoms with Crippen LogP contribution in [0.15, 0.2) is 18.2 Å². The molecule has 1 amide bonds. The lowest BCUT2D eigenvalue weighted by Crippen LogP contribution is -2.19. The van der Waals surface area contributed by atoms with Gasteiger partial charge in [0.2, 0.25) is 0 Å². The fourth-order valence-corrected chi connectivity index (χ4v) is 0.954. The molecule has 1 aromatic rings. The largest absolute Gasteiger partial charge is 0.497 e. The number of hydroxylamine groups is 1. The Bertz CT molecular complexity index is 323. The molecule has 1 rings (SSSR count). The second-order valence-electron chi connectivity index (χ2n) is 2.46. The first-order valence-electron chi connectivity index (χ1n) is 3.63. The van der Waals surface area contributed by atoms with Crippen molar-refractivity contribution in [1.82, 2.24) is 5.48 Å². The standard InChI is InChI=1S/C9H10NO3/c1-6-3-4-7(13-2)5-8(6)9(11)10-12/h3-5,12H,1H2,2H3,(H,10,11). The minimum Gasteiger partial charge on any atom is -0.497 e. The van der Waals surface area contributed by atoms with E-state index in [1.807, 2.05) is 0 Å². The van der Waals surface area contributed by atoms with Gasteiger partial charge in [-0.25, -0.2) is 5.48 Å². The van der Waals surface area contributed by atoms with E-state index in [1.165, 1.54) is 18.7 Å². The smallest absolute Gasteiger partial charge is 0.275 e. The van der Waals surface area contributed by atoms with E-state index in [0.717, 1.165) is 0 Å². The third-order valence-corrected chi connectivity index (χ3v) is 1.66. The number of ether oxygens (including phenoxy) is 1. The minimum atomic E-state index is -0.594. The van der Waals surface area contributed by atoms with Crippen molar-refractivity contribution in [2.45, 2.75) is 0 Å². The molecule has 0 aromatic heterocycles. The van der Waals surface area contributed by atoms with Gasteiger partial charge in [-0.1, -0.05) is 6.07 Å². The maximum atomic E-state index is 11.0. The molecule has 0 aliphatic carbocycles. The highest BCUT2D eigenvalue weighted by atomic mass is 16.5. The predicted molar refractivity (Wildman–Crippen MR) is 46.7 cm³/mol. The normalized spacial score (nSPS) is 9.46. The third kappa shape index (κ3) is 1.97. The monoisotopic (exact) mass is 180 g/mol. The zero-order chi connectivity index (χ0) is 9.84. The molecule has 0 saturated heterocycles. The molecule has 4 heteroatoms. The fraction of sp³-hybridized carbons (Fsp3) is 0.111. The number of nitrogens with one attached hydrogen (secondary N) is 1. The van der Waals surface area contributed by atoms with Crippen LogP contribution in [-0.2, 0) is 0 Å². The van der Waals surface area contributed by atoms with Gasteiger partial charge in [0.05, 0.1) is 7.11 Å². The number of hydrogen-bond donors (Lipinski definition) is 2. The average Bonchev–Trinajstić information content (AvgIpc) is 2.17. The van der Waals surface area contributed by atoms with Gasteiger partial charge in [0.15, 0.2) is 0 Å². The lowest BCUT2D eigenvalue weighted by atomic mass is 10.1. The minimum absolute atomic E-state index is 0.293. The zero-order valence-corrected chi connectivity index (χ0v) is 7.20. The molecule has 0 bridgehead atoms. The second-order valence-corrected chi connectivity index (χ2v) is 2.46. The molecule has 0 aliphatic rings. The number of rotatable bonds is 2. The Hall–Kier alpha value is -1.55. The second kappa shape index (κ2) is 3.91. The summed E-state index contributed by atoms with van der Waals surface area (Å²) >= 11 is 0. The first-order valence-corrected chi connectivity index (χ1v) is 3.63. The molecule has 1 aromatic carbocycles. The van der Waals surface area contributed by atoms with Crippen LogP contribution < -0.4 is 10.2 Å². The number of carbonyl (C=O) groups excluding carboxylic acids is 1. The van der Waals surface area contributed by atoms with Crippen molar-refractivity contribution in [3.63, 3.8) is 0 Å². The topological polar surface area (TPSA) is 58.6 Å². The number of methoxy groups -OCH3 is 1. The van der Waals surface area contributed by atoms with E-state index >= 15 is 0 Å². The number of carbonyl (C=O) groups is 1. The van der Waals surface area contributed by atoms with Crippen LogP contribution in [0.2, 0.25) is 0 Å². The number of amides is 1. The Balaban J connectivity index is 3.11. The van der Waals surface area contributed by atoms with E-state index in [-0.39, 0.29) is 0 Å². The van der Waals surface area contributed by atoms with Crippen molar-refractivity contribution in [3.05, 3.63) is 36.2 Å². The lowest BCUT2D eigenvalue weighted by Gasteiger charge is -2.05. The van der Waals surface area contributed by atoms with Crippen LogP contribution in [-0.4, -0.2) is 18.2 Å². The van der Waals surface area contributed by atoms with Gasteiger partial charge in [0.1, 0.15) is 5.75 Å². The summed E-state index contributed by atoms with van der Waals surface area (Å²) in [6.45, 7) is 3.64. The Labute approximate surface area is 76.1 Å². The van der Waals surface area contributed by atoms with Crippen molar-refractivity contribution in [2.75, 3.05) is 7.11 Å². The first kappa shape index (κ1) is 9.54. The van der Waals surface area contributed by atoms with Gasteiger partial charge in [-0.05, 0) is 24.6 Å². The molecule has 0 saturated carbocycles. The van der Waals surface area contributed by atoms with E-state index < -0.39 is 5.91 Å². The quantitative estimate of drug-likeness (QED) is 0.527. The summed E-state index contributed by atoms with van der Waals surface area (Å²) in [5.41, 5.74) is 2.37. The summed E-state index contributed by atoms with van der Waals surface area (Å²) < 4.78 is 4.92. The van der Waals surface area contributed by atoms with Crippen LogP contribution in [0.5, 0.6) is 5.75 Å². The highest BCUT2D eigenvalue weighted by Gasteiger charge is 2.08. The Morgan fingerprint density at radius 3 is 2.85 bits per heavy atom. The van der Waals surface area contributed by atoms with Gasteiger partial charge in [-0.2, -0.15) is 0 Å². The van der Waals surface area contributed by atoms with Gasteiger partial charge in [-0.15, -0.1) is 0 Å². The molecule has 4 nitrogen and oxygen atoms in total. The predicted octanol–water partition coefficient (Wildman–Crippen LogP) is 0.996. The fourth-order valence-electron chi connectivity index (χ4n) is 0.954. The SMILES string of the molecule is [CH2]c1ccc(OC)cc1C(=O)NO. The molecule has 13 heavy (non-hydrogen) atoms. The van der Waals surface area contributed by atoms with Crippen LogP contribution in [0, 0.1) is 6.92 Å². The van der Waals surface area contributed by atoms with Crippen molar-refractivity contribution >= 4 is 5.91 Å². The maximum absolute atomic E-state index is 11.0. The van der Waals surface area contributed by atoms with Crippen molar-refractivity contribution < 1.29 is 14.7 Å². The molecule has 0 fully saturated rings. The number of hydrogen-bond acceptors (Lipinski definition) is 3. The van der Waals surface area contributed by atoms with Crippen molar-refractivity contribution in [3.8, 4) is 5.75 Å². The summed E-state index contributed by atoms with van der Waals surface area (Å²) in [6, 6.07) is 4.84. The molecule has 2 N–H and O–H groups in total. The van der Waals surface area contributed by atoms with Crippen LogP contribution >= 0.6 is 0 Å². The molecule has 0 aliphatic heterocycles. The summed E-state index contributed by atoms with van der Waals surface area (Å²) in [5, 5.41) is 8.41. The van der Waals surface area contributed by atoms with Crippen LogP contribution in [0.4, 0.5) is 0 Å². The molecule has 0 unspecified atom stereocenters. The molecule has 1 radical (unpaired) electrons. The van der Waals surface area contributed by atoms with Gasteiger partial charge in [0.25, 0.3) is 5.91 Å². The maximum Gasteiger partial charge on any atom is 0.275 e. The first-order chi connectivity index (χ1) is 6.19. The molecular formula is C9H10NO3.